The first-order chi connectivity index (χ1) is 21.9. The van der Waals surface area contributed by atoms with Gasteiger partial charge in [-0.15, -0.1) is 0 Å². The van der Waals surface area contributed by atoms with Crippen LogP contribution in [-0.2, 0) is 0 Å². The van der Waals surface area contributed by atoms with Crippen molar-refractivity contribution in [3.63, 3.8) is 0 Å². The highest BCUT2D eigenvalue weighted by atomic mass is 32.4. The van der Waals surface area contributed by atoms with E-state index in [2.05, 4.69) is 182 Å². The van der Waals surface area contributed by atoms with Crippen molar-refractivity contribution in [2.24, 2.45) is 9.65 Å². The van der Waals surface area contributed by atoms with Gasteiger partial charge < -0.3 is 4.57 Å². The number of nitrogens with zero attached hydrogens (tertiary/aromatic N) is 4. The summed E-state index contributed by atoms with van der Waals surface area (Å²) in [5.41, 5.74) is 8.37. The molecule has 242 valence electrons. The van der Waals surface area contributed by atoms with Crippen LogP contribution in [0, 0.1) is 0 Å². The fourth-order valence-electron chi connectivity index (χ4n) is 5.97. The maximum atomic E-state index is 5.84. The average Bonchev–Trinajstić information content (AvgIpc) is 3.04. The highest BCUT2D eigenvalue weighted by Gasteiger charge is 2.50. The molecule has 0 unspecified atom stereocenters. The van der Waals surface area contributed by atoms with E-state index in [1.807, 2.05) is 11.2 Å². The summed E-state index contributed by atoms with van der Waals surface area (Å²) in [6.07, 6.45) is 0. The molecule has 0 aliphatic heterocycles. The molecule has 0 bridgehead atoms. The van der Waals surface area contributed by atoms with Crippen LogP contribution in [-0.4, -0.2) is 38.9 Å². The van der Waals surface area contributed by atoms with E-state index in [9.17, 15) is 0 Å². The fourth-order valence-corrected chi connectivity index (χ4v) is 11.6. The second kappa shape index (κ2) is 15.4. The maximum absolute atomic E-state index is 5.84. The molecule has 0 radical (unpaired) electrons. The van der Waals surface area contributed by atoms with E-state index in [-0.39, 0.29) is 11.8 Å². The summed E-state index contributed by atoms with van der Waals surface area (Å²) in [6.45, 7) is 22.6. The minimum absolute atomic E-state index is 0.280. The first kappa shape index (κ1) is 35.4. The fraction of sp³-hybridized carbons (Fsp3) is 0.350. The number of anilines is 1. The third-order valence-electron chi connectivity index (χ3n) is 8.45. The van der Waals surface area contributed by atoms with Crippen molar-refractivity contribution in [3.8, 4) is 0 Å². The number of benzene rings is 4. The minimum Gasteiger partial charge on any atom is -0.312 e. The molecule has 0 aliphatic carbocycles. The third kappa shape index (κ3) is 7.40. The molecule has 0 N–H and O–H groups in total. The van der Waals surface area contributed by atoms with E-state index >= 15 is 0 Å². The van der Waals surface area contributed by atoms with Crippen LogP contribution in [0.5, 0.6) is 0 Å². The highest BCUT2D eigenvalue weighted by molar-refractivity contribution is 8.28. The van der Waals surface area contributed by atoms with Gasteiger partial charge in [-0.3, -0.25) is 9.22 Å². The Kier molecular flexibility index (Phi) is 11.9. The molecule has 0 fully saturated rings. The summed E-state index contributed by atoms with van der Waals surface area (Å²) in [4.78, 5) is 6.99. The van der Waals surface area contributed by atoms with Crippen LogP contribution >= 0.6 is 11.2 Å². The molecule has 0 saturated carbocycles. The monoisotopic (exact) mass is 648 g/mol. The second-order valence-electron chi connectivity index (χ2n) is 13.4. The van der Waals surface area contributed by atoms with Gasteiger partial charge in [-0.2, -0.15) is 0 Å². The molecule has 4 aromatic rings. The molecule has 46 heavy (non-hydrogen) atoms. The van der Waals surface area contributed by atoms with Gasteiger partial charge >= 0.3 is 7.71 Å². The topological polar surface area (TPSA) is 31.2 Å². The van der Waals surface area contributed by atoms with Crippen molar-refractivity contribution < 1.29 is 0 Å². The SMILES string of the molecule is C=N[Si@@](Sc1ccccc1)(N(C)C)N(C(=Nc1c(C(C)C)cccc1C(C)C)c1ccccc1)c1c(C(C)C)cccc1C(C)C. The lowest BCUT2D eigenvalue weighted by Gasteiger charge is -2.45. The smallest absolute Gasteiger partial charge is 0.312 e. The van der Waals surface area contributed by atoms with Gasteiger partial charge in [0.05, 0.1) is 5.69 Å². The highest BCUT2D eigenvalue weighted by Crippen LogP contribution is 2.45. The van der Waals surface area contributed by atoms with Gasteiger partial charge in [0.25, 0.3) is 0 Å². The summed E-state index contributed by atoms with van der Waals surface area (Å²) in [6, 6.07) is 34.8. The number of para-hydroxylation sites is 2. The first-order valence-electron chi connectivity index (χ1n) is 16.5. The standard InChI is InChI=1S/C40H52N4SSi/c1-28(2)34-24-18-25-35(29(3)4)38(34)42-40(32-20-14-12-15-21-32)44(39-36(30(5)6)26-19-27-37(39)31(7)8)46(41-9,43(10)11)45-33-22-16-13-17-23-33/h12-31H,9H2,1-8,10-11H3/t46-/m1/s1. The minimum atomic E-state index is -3.13. The predicted molar refractivity (Wildman–Crippen MR) is 206 cm³/mol. The Labute approximate surface area is 283 Å². The zero-order valence-electron chi connectivity index (χ0n) is 29.5. The molecule has 0 spiro atoms. The molecular formula is C40H52N4SSi. The van der Waals surface area contributed by atoms with Crippen LogP contribution in [0.1, 0.15) is 107 Å². The summed E-state index contributed by atoms with van der Waals surface area (Å²) < 4.78 is 10.1. The summed E-state index contributed by atoms with van der Waals surface area (Å²) in [5, 5.41) is 0. The van der Waals surface area contributed by atoms with Crippen LogP contribution in [0.25, 0.3) is 0 Å². The van der Waals surface area contributed by atoms with Gasteiger partial charge in [-0.05, 0) is 78.9 Å². The number of hydrogen-bond donors (Lipinski definition) is 0. The normalized spacial score (nSPS) is 13.6. The van der Waals surface area contributed by atoms with E-state index in [4.69, 9.17) is 9.65 Å². The average molecular weight is 649 g/mol. The van der Waals surface area contributed by atoms with Gasteiger partial charge in [-0.1, -0.05) is 152 Å². The van der Waals surface area contributed by atoms with E-state index in [0.29, 0.717) is 11.8 Å². The molecule has 0 aliphatic rings. The van der Waals surface area contributed by atoms with Crippen molar-refractivity contribution in [3.05, 3.63) is 125 Å². The van der Waals surface area contributed by atoms with Crippen LogP contribution in [0.2, 0.25) is 0 Å². The molecule has 4 rings (SSSR count). The third-order valence-corrected chi connectivity index (χ3v) is 15.4. The van der Waals surface area contributed by atoms with Crippen LogP contribution in [0.3, 0.4) is 0 Å². The van der Waals surface area contributed by atoms with E-state index in [1.165, 1.54) is 27.9 Å². The van der Waals surface area contributed by atoms with Crippen LogP contribution in [0.4, 0.5) is 11.4 Å². The van der Waals surface area contributed by atoms with E-state index in [0.717, 1.165) is 22.0 Å². The van der Waals surface area contributed by atoms with Crippen LogP contribution < -0.4 is 4.57 Å². The maximum Gasteiger partial charge on any atom is 0.445 e. The number of amidine groups is 1. The molecule has 6 heteroatoms. The molecule has 0 saturated heterocycles. The lowest BCUT2D eigenvalue weighted by Crippen LogP contribution is -2.63. The molecule has 4 nitrogen and oxygen atoms in total. The Morgan fingerprint density at radius 2 is 1.04 bits per heavy atom. The van der Waals surface area contributed by atoms with E-state index in [1.54, 1.807) is 0 Å². The summed E-state index contributed by atoms with van der Waals surface area (Å²) in [5.74, 6) is 2.08. The molecule has 4 aromatic carbocycles. The van der Waals surface area contributed by atoms with Gasteiger partial charge in [0.2, 0.25) is 0 Å². The van der Waals surface area contributed by atoms with Gasteiger partial charge in [0.1, 0.15) is 5.84 Å². The Morgan fingerprint density at radius 3 is 1.46 bits per heavy atom. The number of rotatable bonds is 12. The molecule has 0 heterocycles. The van der Waals surface area contributed by atoms with Crippen molar-refractivity contribution in [2.75, 3.05) is 18.7 Å². The predicted octanol–water partition coefficient (Wildman–Crippen LogP) is 11.3. The van der Waals surface area contributed by atoms with Crippen molar-refractivity contribution in [1.29, 1.82) is 0 Å². The quantitative estimate of drug-likeness (QED) is 0.0870. The Bertz CT molecular complexity index is 1580. The van der Waals surface area contributed by atoms with Gasteiger partial charge in [0, 0.05) is 16.1 Å². The summed E-state index contributed by atoms with van der Waals surface area (Å²) >= 11 is 1.82. The Balaban J connectivity index is 2.27. The first-order valence-corrected chi connectivity index (χ1v) is 19.9. The number of hydrogen-bond acceptors (Lipinski definition) is 4. The Morgan fingerprint density at radius 1 is 0.609 bits per heavy atom. The van der Waals surface area contributed by atoms with Crippen molar-refractivity contribution in [2.45, 2.75) is 84.0 Å². The molecular weight excluding hydrogens is 597 g/mol. The molecule has 0 amide bonds. The largest absolute Gasteiger partial charge is 0.445 e. The van der Waals surface area contributed by atoms with Gasteiger partial charge in [-0.25, -0.2) is 4.99 Å². The van der Waals surface area contributed by atoms with E-state index < -0.39 is 7.71 Å². The zero-order chi connectivity index (χ0) is 33.6. The molecule has 1 atom stereocenters. The lowest BCUT2D eigenvalue weighted by molar-refractivity contribution is 0.629. The van der Waals surface area contributed by atoms with Crippen LogP contribution in [0.15, 0.2) is 112 Å². The van der Waals surface area contributed by atoms with Gasteiger partial charge in [0.15, 0.2) is 0 Å². The second-order valence-corrected chi connectivity index (χ2v) is 19.1. The van der Waals surface area contributed by atoms with Crippen molar-refractivity contribution in [1.82, 2.24) is 4.57 Å². The zero-order valence-corrected chi connectivity index (χ0v) is 31.3. The summed E-state index contributed by atoms with van der Waals surface area (Å²) in [7, 11) is 1.17. The number of aliphatic imine (C=N–C) groups is 1. The Hall–Kier alpha value is -3.45. The van der Waals surface area contributed by atoms with Crippen molar-refractivity contribution >= 4 is 42.8 Å². The molecule has 0 aromatic heterocycles. The lowest BCUT2D eigenvalue weighted by atomic mass is 9.92.